The van der Waals surface area contributed by atoms with Crippen LogP contribution < -0.4 is 11.1 Å². The largest absolute Gasteiger partial charge is 0.464 e. The molecule has 2 heterocycles. The van der Waals surface area contributed by atoms with E-state index in [1.165, 1.54) is 23.9 Å². The summed E-state index contributed by atoms with van der Waals surface area (Å²) in [6, 6.07) is 6.18. The van der Waals surface area contributed by atoms with Crippen LogP contribution in [0, 0.1) is 6.92 Å². The number of carbonyl (C=O) groups excluding carboxylic acids is 2. The molecule has 2 aromatic heterocycles. The maximum atomic E-state index is 12.5. The highest BCUT2D eigenvalue weighted by Crippen LogP contribution is 2.27. The first-order valence-electron chi connectivity index (χ1n) is 8.79. The topological polar surface area (TPSA) is 112 Å². The van der Waals surface area contributed by atoms with Crippen molar-refractivity contribution >= 4 is 23.2 Å². The van der Waals surface area contributed by atoms with E-state index in [0.717, 1.165) is 0 Å². The zero-order valence-corrected chi connectivity index (χ0v) is 16.1. The first kappa shape index (κ1) is 21.1. The molecule has 3 N–H and O–H groups in total. The van der Waals surface area contributed by atoms with Crippen LogP contribution in [0.15, 0.2) is 30.5 Å². The average Bonchev–Trinajstić information content (AvgIpc) is 3.10. The van der Waals surface area contributed by atoms with E-state index in [0.29, 0.717) is 22.4 Å². The van der Waals surface area contributed by atoms with E-state index < -0.39 is 31.0 Å². The molecule has 0 fully saturated rings. The average molecular weight is 421 g/mol. The molecule has 8 nitrogen and oxygen atoms in total. The lowest BCUT2D eigenvalue weighted by molar-refractivity contribution is -0.131. The molecule has 0 radical (unpaired) electrons. The smallest absolute Gasteiger partial charge is 0.390 e. The maximum absolute atomic E-state index is 12.5. The summed E-state index contributed by atoms with van der Waals surface area (Å²) in [6.07, 6.45) is -3.92. The number of ether oxygens (including phenoxy) is 1. The Hall–Kier alpha value is -3.63. The van der Waals surface area contributed by atoms with Crippen LogP contribution in [0.5, 0.6) is 0 Å². The normalized spacial score (nSPS) is 11.5. The second kappa shape index (κ2) is 8.01. The van der Waals surface area contributed by atoms with Crippen LogP contribution in [-0.2, 0) is 4.74 Å². The summed E-state index contributed by atoms with van der Waals surface area (Å²) >= 11 is 0. The molecular formula is C19H18F3N5O3. The number of amides is 1. The number of benzene rings is 1. The maximum Gasteiger partial charge on any atom is 0.390 e. The molecule has 158 valence electrons. The molecule has 0 atom stereocenters. The molecule has 0 bridgehead atoms. The minimum atomic E-state index is -4.33. The van der Waals surface area contributed by atoms with Gasteiger partial charge in [-0.25, -0.2) is 14.3 Å². The number of alkyl halides is 3. The van der Waals surface area contributed by atoms with E-state index in [1.807, 2.05) is 0 Å². The Morgan fingerprint density at radius 2 is 2.00 bits per heavy atom. The van der Waals surface area contributed by atoms with Crippen LogP contribution in [0.2, 0.25) is 0 Å². The van der Waals surface area contributed by atoms with E-state index in [1.54, 1.807) is 25.1 Å². The summed E-state index contributed by atoms with van der Waals surface area (Å²) < 4.78 is 43.5. The third kappa shape index (κ3) is 4.34. The number of rotatable bonds is 6. The Morgan fingerprint density at radius 1 is 1.27 bits per heavy atom. The number of aromatic nitrogens is 3. The summed E-state index contributed by atoms with van der Waals surface area (Å²) in [4.78, 5) is 27.7. The number of aryl methyl sites for hydroxylation is 1. The SMILES string of the molecule is COC(=O)c1cc(NCCC(F)(F)F)c2ncc(-c3ccc(C(N)=O)c(C)c3)n2n1. The number of fused-ring (bicyclic) bond motifs is 1. The van der Waals surface area contributed by atoms with Gasteiger partial charge < -0.3 is 15.8 Å². The summed E-state index contributed by atoms with van der Waals surface area (Å²) in [7, 11) is 1.17. The van der Waals surface area contributed by atoms with Gasteiger partial charge in [0.2, 0.25) is 5.91 Å². The Bertz CT molecular complexity index is 1120. The second-order valence-corrected chi connectivity index (χ2v) is 6.50. The van der Waals surface area contributed by atoms with Gasteiger partial charge in [0.1, 0.15) is 0 Å². The first-order valence-corrected chi connectivity index (χ1v) is 8.79. The minimum Gasteiger partial charge on any atom is -0.464 e. The molecule has 1 amide bonds. The van der Waals surface area contributed by atoms with Crippen molar-refractivity contribution in [2.24, 2.45) is 5.73 Å². The molecule has 30 heavy (non-hydrogen) atoms. The third-order valence-corrected chi connectivity index (χ3v) is 4.37. The summed E-state index contributed by atoms with van der Waals surface area (Å²) in [5, 5.41) is 6.86. The van der Waals surface area contributed by atoms with Gasteiger partial charge in [0.05, 0.1) is 31.1 Å². The number of carbonyl (C=O) groups is 2. The lowest BCUT2D eigenvalue weighted by atomic mass is 10.0. The fourth-order valence-electron chi connectivity index (χ4n) is 2.94. The van der Waals surface area contributed by atoms with Crippen LogP contribution in [-0.4, -0.2) is 46.3 Å². The Kier molecular flexibility index (Phi) is 5.63. The van der Waals surface area contributed by atoms with Gasteiger partial charge in [-0.1, -0.05) is 6.07 Å². The van der Waals surface area contributed by atoms with E-state index >= 15 is 0 Å². The number of nitrogens with one attached hydrogen (secondary N) is 1. The van der Waals surface area contributed by atoms with Gasteiger partial charge in [0.25, 0.3) is 0 Å². The zero-order valence-electron chi connectivity index (χ0n) is 16.1. The van der Waals surface area contributed by atoms with Crippen molar-refractivity contribution < 1.29 is 27.5 Å². The highest BCUT2D eigenvalue weighted by atomic mass is 19.4. The summed E-state index contributed by atoms with van der Waals surface area (Å²) in [5.74, 6) is -1.32. The van der Waals surface area contributed by atoms with Gasteiger partial charge in [0.15, 0.2) is 11.3 Å². The first-order chi connectivity index (χ1) is 14.1. The number of nitrogens with zero attached hydrogens (tertiary/aromatic N) is 3. The van der Waals surface area contributed by atoms with E-state index in [2.05, 4.69) is 20.1 Å². The van der Waals surface area contributed by atoms with Crippen LogP contribution >= 0.6 is 0 Å². The second-order valence-electron chi connectivity index (χ2n) is 6.50. The van der Waals surface area contributed by atoms with E-state index in [-0.39, 0.29) is 17.0 Å². The Labute approximate surface area is 168 Å². The molecule has 3 aromatic rings. The number of hydrogen-bond donors (Lipinski definition) is 2. The molecule has 1 aromatic carbocycles. The van der Waals surface area contributed by atoms with Gasteiger partial charge in [-0.15, -0.1) is 0 Å². The van der Waals surface area contributed by atoms with Crippen molar-refractivity contribution in [2.75, 3.05) is 19.0 Å². The van der Waals surface area contributed by atoms with E-state index in [4.69, 9.17) is 5.73 Å². The molecular weight excluding hydrogens is 403 g/mol. The molecule has 0 saturated carbocycles. The Morgan fingerprint density at radius 3 is 2.60 bits per heavy atom. The predicted octanol–water partition coefficient (Wildman–Crippen LogP) is 2.95. The van der Waals surface area contributed by atoms with Gasteiger partial charge in [0, 0.05) is 23.7 Å². The van der Waals surface area contributed by atoms with Crippen molar-refractivity contribution in [3.63, 3.8) is 0 Å². The molecule has 0 spiro atoms. The Balaban J connectivity index is 2.09. The number of methoxy groups -OCH3 is 1. The number of imidazole rings is 1. The zero-order chi connectivity index (χ0) is 22.1. The lowest BCUT2D eigenvalue weighted by Gasteiger charge is -2.12. The summed E-state index contributed by atoms with van der Waals surface area (Å²) in [6.45, 7) is 1.31. The van der Waals surface area contributed by atoms with Gasteiger partial charge in [-0.05, 0) is 24.6 Å². The lowest BCUT2D eigenvalue weighted by Crippen LogP contribution is -2.16. The molecule has 11 heteroatoms. The van der Waals surface area contributed by atoms with Crippen LogP contribution in [0.25, 0.3) is 16.9 Å². The fourth-order valence-corrected chi connectivity index (χ4v) is 2.94. The molecule has 0 saturated heterocycles. The van der Waals surface area contributed by atoms with Crippen LogP contribution in [0.4, 0.5) is 18.9 Å². The van der Waals surface area contributed by atoms with Crippen molar-refractivity contribution in [3.8, 4) is 11.3 Å². The van der Waals surface area contributed by atoms with Crippen molar-refractivity contribution in [3.05, 3.63) is 47.3 Å². The van der Waals surface area contributed by atoms with Crippen molar-refractivity contribution in [2.45, 2.75) is 19.5 Å². The highest BCUT2D eigenvalue weighted by Gasteiger charge is 2.26. The standard InChI is InChI=1S/C19H18F3N5O3/c1-10-7-11(3-4-12(10)16(23)28)15-9-25-17-13(24-6-5-19(20,21)22)8-14(18(29)30-2)26-27(15)17/h3-4,7-9,24H,5-6H2,1-2H3,(H2,23,28). The van der Waals surface area contributed by atoms with Gasteiger partial charge >= 0.3 is 12.1 Å². The van der Waals surface area contributed by atoms with Crippen molar-refractivity contribution in [1.82, 2.24) is 14.6 Å². The molecule has 0 aliphatic heterocycles. The molecule has 3 rings (SSSR count). The molecule has 0 aliphatic rings. The van der Waals surface area contributed by atoms with Crippen molar-refractivity contribution in [1.29, 1.82) is 0 Å². The van der Waals surface area contributed by atoms with Gasteiger partial charge in [-0.3, -0.25) is 4.79 Å². The predicted molar refractivity (Wildman–Crippen MR) is 102 cm³/mol. The number of hydrogen-bond acceptors (Lipinski definition) is 6. The van der Waals surface area contributed by atoms with Gasteiger partial charge in [-0.2, -0.15) is 18.3 Å². The minimum absolute atomic E-state index is 0.107. The number of esters is 1. The fraction of sp³-hybridized carbons (Fsp3) is 0.263. The van der Waals surface area contributed by atoms with Crippen LogP contribution in [0.3, 0.4) is 0 Å². The van der Waals surface area contributed by atoms with Crippen LogP contribution in [0.1, 0.15) is 32.8 Å². The third-order valence-electron chi connectivity index (χ3n) is 4.37. The highest BCUT2D eigenvalue weighted by molar-refractivity contribution is 5.95. The quantitative estimate of drug-likeness (QED) is 0.592. The molecule has 0 aliphatic carbocycles. The number of anilines is 1. The molecule has 0 unspecified atom stereocenters. The van der Waals surface area contributed by atoms with E-state index in [9.17, 15) is 22.8 Å². The number of nitrogens with two attached hydrogens (primary N) is 1. The summed E-state index contributed by atoms with van der Waals surface area (Å²) in [5.41, 5.74) is 7.73. The number of primary amides is 1. The monoisotopic (exact) mass is 421 g/mol. The number of halogens is 3.